The maximum atomic E-state index is 13.6. The predicted octanol–water partition coefficient (Wildman–Crippen LogP) is 5.99. The Bertz CT molecular complexity index is 1760. The normalized spacial score (nSPS) is 17.3. The van der Waals surface area contributed by atoms with Crippen LogP contribution in [0.2, 0.25) is 5.02 Å². The summed E-state index contributed by atoms with van der Waals surface area (Å²) < 4.78 is 17.4. The molecular weight excluding hydrogens is 614 g/mol. The number of ketones is 1. The third-order valence-electron chi connectivity index (χ3n) is 6.77. The van der Waals surface area contributed by atoms with Crippen molar-refractivity contribution in [2.24, 2.45) is 0 Å². The SMILES string of the molecule is CCOc1cc(C2/C(=C(\O)c3ccc4c(c3)OCCO4)C(=O)C(=O)N2c2nnc(SCc3ccccc3Cl)s2)ccc1O. The Morgan fingerprint density at radius 3 is 2.67 bits per heavy atom. The number of Topliss-reactive ketones (excluding diaryl/α,β-unsaturated/α-hetero) is 1. The molecule has 6 rings (SSSR count). The van der Waals surface area contributed by atoms with Gasteiger partial charge in [-0.05, 0) is 54.4 Å². The Morgan fingerprint density at radius 2 is 1.88 bits per heavy atom. The summed E-state index contributed by atoms with van der Waals surface area (Å²) >= 11 is 8.82. The number of aromatic nitrogens is 2. The second-order valence-corrected chi connectivity index (χ2v) is 12.0. The van der Waals surface area contributed by atoms with Crippen molar-refractivity contribution in [2.75, 3.05) is 24.7 Å². The number of fused-ring (bicyclic) bond motifs is 1. The highest BCUT2D eigenvalue weighted by Crippen LogP contribution is 2.46. The highest BCUT2D eigenvalue weighted by Gasteiger charge is 2.48. The average Bonchev–Trinajstić information content (AvgIpc) is 3.59. The van der Waals surface area contributed by atoms with Crippen LogP contribution in [0.25, 0.3) is 5.76 Å². The molecule has 2 aliphatic rings. The number of aliphatic hydroxyl groups is 1. The van der Waals surface area contributed by atoms with E-state index in [1.54, 1.807) is 37.3 Å². The van der Waals surface area contributed by atoms with Gasteiger partial charge in [0.05, 0.1) is 18.2 Å². The zero-order chi connectivity index (χ0) is 30.1. The molecule has 43 heavy (non-hydrogen) atoms. The predicted molar refractivity (Wildman–Crippen MR) is 162 cm³/mol. The second-order valence-electron chi connectivity index (χ2n) is 9.42. The molecule has 220 valence electrons. The first kappa shape index (κ1) is 28.8. The van der Waals surface area contributed by atoms with Gasteiger partial charge < -0.3 is 24.4 Å². The van der Waals surface area contributed by atoms with Gasteiger partial charge in [0, 0.05) is 16.3 Å². The molecule has 1 amide bonds. The minimum Gasteiger partial charge on any atom is -0.507 e. The lowest BCUT2D eigenvalue weighted by Crippen LogP contribution is -2.29. The molecule has 0 radical (unpaired) electrons. The van der Waals surface area contributed by atoms with E-state index in [-0.39, 0.29) is 34.4 Å². The molecule has 0 aliphatic carbocycles. The largest absolute Gasteiger partial charge is 0.507 e. The number of anilines is 1. The van der Waals surface area contributed by atoms with E-state index in [1.807, 2.05) is 18.2 Å². The van der Waals surface area contributed by atoms with Gasteiger partial charge >= 0.3 is 5.91 Å². The zero-order valence-corrected chi connectivity index (χ0v) is 25.0. The van der Waals surface area contributed by atoms with Crippen LogP contribution >= 0.6 is 34.7 Å². The Kier molecular flexibility index (Phi) is 8.15. The molecule has 0 spiro atoms. The summed E-state index contributed by atoms with van der Waals surface area (Å²) in [7, 11) is 0. The highest BCUT2D eigenvalue weighted by molar-refractivity contribution is 8.00. The van der Waals surface area contributed by atoms with Gasteiger partial charge in [0.15, 0.2) is 27.3 Å². The number of hydrogen-bond donors (Lipinski definition) is 2. The first-order valence-electron chi connectivity index (χ1n) is 13.2. The van der Waals surface area contributed by atoms with E-state index in [4.69, 9.17) is 25.8 Å². The van der Waals surface area contributed by atoms with E-state index >= 15 is 0 Å². The van der Waals surface area contributed by atoms with Crippen LogP contribution in [0.3, 0.4) is 0 Å². The fourth-order valence-corrected chi connectivity index (χ4v) is 6.93. The number of phenolic OH excluding ortho intramolecular Hbond substituents is 1. The standard InChI is InChI=1S/C30H24ClN3O7S2/c1-2-39-22-13-16(7-9-20(22)35)25-24(26(36)17-8-10-21-23(14-17)41-12-11-40-21)27(37)28(38)34(25)29-32-33-30(43-29)42-15-18-5-3-4-6-19(18)31/h3-10,13-14,25,35-36H,2,11-12,15H2,1H3/b26-24+. The van der Waals surface area contributed by atoms with Crippen LogP contribution in [0.15, 0.2) is 70.6 Å². The molecule has 4 aromatic rings. The summed E-state index contributed by atoms with van der Waals surface area (Å²) in [5.41, 5.74) is 1.44. The van der Waals surface area contributed by atoms with Crippen molar-refractivity contribution in [1.82, 2.24) is 10.2 Å². The van der Waals surface area contributed by atoms with Crippen LogP contribution in [0.5, 0.6) is 23.0 Å². The fraction of sp³-hybridized carbons (Fsp3) is 0.200. The van der Waals surface area contributed by atoms with Crippen molar-refractivity contribution in [1.29, 1.82) is 0 Å². The van der Waals surface area contributed by atoms with Gasteiger partial charge in [-0.3, -0.25) is 14.5 Å². The number of rotatable bonds is 8. The molecule has 1 saturated heterocycles. The molecule has 13 heteroatoms. The van der Waals surface area contributed by atoms with Crippen LogP contribution in [-0.4, -0.2) is 51.9 Å². The number of aliphatic hydroxyl groups excluding tert-OH is 1. The van der Waals surface area contributed by atoms with E-state index in [9.17, 15) is 19.8 Å². The van der Waals surface area contributed by atoms with Crippen LogP contribution in [-0.2, 0) is 15.3 Å². The van der Waals surface area contributed by atoms with Gasteiger partial charge in [-0.1, -0.05) is 59.0 Å². The van der Waals surface area contributed by atoms with Crippen molar-refractivity contribution in [2.45, 2.75) is 23.1 Å². The number of benzene rings is 3. The molecular formula is C30H24ClN3O7S2. The van der Waals surface area contributed by atoms with Crippen LogP contribution in [0.1, 0.15) is 29.7 Å². The molecule has 2 aliphatic heterocycles. The minimum atomic E-state index is -1.10. The van der Waals surface area contributed by atoms with Crippen LogP contribution in [0.4, 0.5) is 5.13 Å². The van der Waals surface area contributed by atoms with Gasteiger partial charge in [0.25, 0.3) is 5.78 Å². The molecule has 3 heterocycles. The lowest BCUT2D eigenvalue weighted by Gasteiger charge is -2.23. The molecule has 0 saturated carbocycles. The summed E-state index contributed by atoms with van der Waals surface area (Å²) in [4.78, 5) is 28.4. The lowest BCUT2D eigenvalue weighted by molar-refractivity contribution is -0.132. The monoisotopic (exact) mass is 637 g/mol. The van der Waals surface area contributed by atoms with Gasteiger partial charge in [0.1, 0.15) is 19.0 Å². The van der Waals surface area contributed by atoms with Gasteiger partial charge in [-0.2, -0.15) is 0 Å². The number of carbonyl (C=O) groups excluding carboxylic acids is 2. The molecule has 1 unspecified atom stereocenters. The van der Waals surface area contributed by atoms with E-state index in [0.717, 1.165) is 16.9 Å². The number of carbonyl (C=O) groups is 2. The van der Waals surface area contributed by atoms with Gasteiger partial charge in [-0.15, -0.1) is 10.2 Å². The minimum absolute atomic E-state index is 0.108. The number of ether oxygens (including phenoxy) is 3. The highest BCUT2D eigenvalue weighted by atomic mass is 35.5. The van der Waals surface area contributed by atoms with Gasteiger partial charge in [0.2, 0.25) is 5.13 Å². The first-order valence-corrected chi connectivity index (χ1v) is 15.4. The van der Waals surface area contributed by atoms with Crippen molar-refractivity contribution in [3.8, 4) is 23.0 Å². The Morgan fingerprint density at radius 1 is 1.09 bits per heavy atom. The zero-order valence-electron chi connectivity index (χ0n) is 22.7. The van der Waals surface area contributed by atoms with Crippen LogP contribution < -0.4 is 19.1 Å². The van der Waals surface area contributed by atoms with E-state index in [0.29, 0.717) is 45.4 Å². The molecule has 3 aromatic carbocycles. The Balaban J connectivity index is 1.42. The smallest absolute Gasteiger partial charge is 0.301 e. The Labute approximate surface area is 259 Å². The number of nitrogens with zero attached hydrogens (tertiary/aromatic N) is 3. The molecule has 0 bridgehead atoms. The number of aromatic hydroxyl groups is 1. The molecule has 1 aromatic heterocycles. The molecule has 1 fully saturated rings. The summed E-state index contributed by atoms with van der Waals surface area (Å²) in [6, 6.07) is 15.7. The number of phenols is 1. The summed E-state index contributed by atoms with van der Waals surface area (Å²) in [5.74, 6) is -0.675. The van der Waals surface area contributed by atoms with Crippen LogP contribution in [0, 0.1) is 0 Å². The number of amides is 1. The Hall–Kier alpha value is -4.26. The number of hydrogen-bond acceptors (Lipinski definition) is 11. The topological polar surface area (TPSA) is 131 Å². The summed E-state index contributed by atoms with van der Waals surface area (Å²) in [6.45, 7) is 2.77. The third-order valence-corrected chi connectivity index (χ3v) is 9.24. The quantitative estimate of drug-likeness (QED) is 0.0781. The van der Waals surface area contributed by atoms with Crippen molar-refractivity contribution in [3.63, 3.8) is 0 Å². The lowest BCUT2D eigenvalue weighted by atomic mass is 9.95. The van der Waals surface area contributed by atoms with Crippen molar-refractivity contribution in [3.05, 3.63) is 87.9 Å². The summed E-state index contributed by atoms with van der Waals surface area (Å²) in [6.07, 6.45) is 0. The second kappa shape index (κ2) is 12.2. The first-order chi connectivity index (χ1) is 20.9. The molecule has 1 atom stereocenters. The summed E-state index contributed by atoms with van der Waals surface area (Å²) in [5, 5.41) is 31.1. The van der Waals surface area contributed by atoms with E-state index in [1.165, 1.54) is 28.8 Å². The van der Waals surface area contributed by atoms with E-state index < -0.39 is 23.5 Å². The van der Waals surface area contributed by atoms with Crippen molar-refractivity contribution >= 4 is 57.3 Å². The maximum Gasteiger partial charge on any atom is 0.301 e. The van der Waals surface area contributed by atoms with Crippen molar-refractivity contribution < 1.29 is 34.0 Å². The molecule has 10 nitrogen and oxygen atoms in total. The van der Waals surface area contributed by atoms with Gasteiger partial charge in [-0.25, -0.2) is 0 Å². The average molecular weight is 638 g/mol. The molecule has 2 N–H and O–H groups in total. The third kappa shape index (κ3) is 5.61. The maximum absolute atomic E-state index is 13.6. The number of thioether (sulfide) groups is 1. The van der Waals surface area contributed by atoms with E-state index in [2.05, 4.69) is 10.2 Å². The fourth-order valence-electron chi connectivity index (χ4n) is 4.78. The number of halogens is 1.